The van der Waals surface area contributed by atoms with Crippen LogP contribution in [0.25, 0.3) is 83.3 Å². The summed E-state index contributed by atoms with van der Waals surface area (Å²) < 4.78 is 11.7. The molecule has 1 aliphatic rings. The van der Waals surface area contributed by atoms with Crippen LogP contribution in [0, 0.1) is 83.1 Å². The molecular formula is C84H74BN2OS+. The Kier molecular flexibility index (Phi) is 14.8. The minimum absolute atomic E-state index is 0.00224. The first kappa shape index (κ1) is 57.3. The maximum Gasteiger partial charge on any atom is 0.243 e. The molecule has 11 aromatic carbocycles. The monoisotopic (exact) mass is 1170 g/mol. The van der Waals surface area contributed by atoms with Crippen molar-refractivity contribution in [1.29, 1.82) is 0 Å². The highest BCUT2D eigenvalue weighted by atomic mass is 32.2. The van der Waals surface area contributed by atoms with Gasteiger partial charge in [-0.3, -0.25) is 0 Å². The van der Waals surface area contributed by atoms with Gasteiger partial charge in [-0.1, -0.05) is 195 Å². The molecule has 89 heavy (non-hydrogen) atoms. The lowest BCUT2D eigenvalue weighted by Gasteiger charge is -2.33. The van der Waals surface area contributed by atoms with Crippen LogP contribution in [0.15, 0.2) is 228 Å². The highest BCUT2D eigenvalue weighted by Crippen LogP contribution is 2.44. The van der Waals surface area contributed by atoms with E-state index in [4.69, 9.17) is 4.74 Å². The zero-order valence-corrected chi connectivity index (χ0v) is 54.1. The van der Waals surface area contributed by atoms with E-state index < -0.39 is 0 Å². The quantitative estimate of drug-likeness (QED) is 0.0896. The lowest BCUT2D eigenvalue weighted by molar-refractivity contribution is -0.672. The third-order valence-corrected chi connectivity index (χ3v) is 21.3. The van der Waals surface area contributed by atoms with E-state index in [0.717, 1.165) is 45.9 Å². The fourth-order valence-corrected chi connectivity index (χ4v) is 16.2. The molecule has 14 rings (SSSR count). The largest absolute Gasteiger partial charge is 0.457 e. The minimum atomic E-state index is -0.00224. The van der Waals surface area contributed by atoms with E-state index >= 15 is 0 Å². The molecule has 0 unspecified atom stereocenters. The van der Waals surface area contributed by atoms with Crippen LogP contribution in [0.2, 0.25) is 0 Å². The van der Waals surface area contributed by atoms with Gasteiger partial charge in [0.25, 0.3) is 0 Å². The molecule has 0 radical (unpaired) electrons. The molecule has 1 aliphatic heterocycles. The number of para-hydroxylation sites is 2. The number of hydrogen-bond acceptors (Lipinski definition) is 2. The molecule has 2 aromatic heterocycles. The minimum Gasteiger partial charge on any atom is -0.457 e. The summed E-state index contributed by atoms with van der Waals surface area (Å²) in [4.78, 5) is 2.48. The van der Waals surface area contributed by atoms with Gasteiger partial charge in [0.15, 0.2) is 12.7 Å². The molecule has 434 valence electrons. The maximum absolute atomic E-state index is 6.96. The fraction of sp³-hybridized carbons (Fsp3) is 0.155. The van der Waals surface area contributed by atoms with E-state index in [1.165, 1.54) is 154 Å². The smallest absolute Gasteiger partial charge is 0.243 e. The van der Waals surface area contributed by atoms with Gasteiger partial charge in [0, 0.05) is 49.9 Å². The molecule has 0 saturated heterocycles. The summed E-state index contributed by atoms with van der Waals surface area (Å²) in [7, 11) is 0. The summed E-state index contributed by atoms with van der Waals surface area (Å²) in [6.07, 6.45) is 2.18. The van der Waals surface area contributed by atoms with Crippen molar-refractivity contribution in [2.75, 3.05) is 0 Å². The number of ether oxygens (including phenoxy) is 1. The molecule has 0 fully saturated rings. The third-order valence-electron chi connectivity index (χ3n) is 20.3. The van der Waals surface area contributed by atoms with Crippen molar-refractivity contribution in [2.24, 2.45) is 0 Å². The number of hydrogen-bond donors (Lipinski definition) is 0. The molecule has 5 heteroatoms. The van der Waals surface area contributed by atoms with Gasteiger partial charge in [-0.2, -0.15) is 4.57 Å². The predicted octanol–water partition coefficient (Wildman–Crippen LogP) is 19.9. The standard InChI is InChI=1S/C84H74BN2OS/c1-50-56(7)82(57(8)51(2)78(50)63-26-15-13-16-27-63)85(83-58(9)52(3)79(53(4)59(83)10)64-28-17-14-18-29-64)84-60(11)54(5)80(55(6)61(84)12)65-37-41-67(42-38-65)88-68-43-46-70(76(48-68)87-73-33-21-19-31-71(73)72-32-20-22-34-74(72)87)62-39-44-69(45-40-62)89-77-36-25-30-66-49-86-47-24-23-35-75(86)81(66)77/h13-48H,49H2,1-12H3/q+1. The second kappa shape index (κ2) is 22.9. The number of aromatic nitrogens is 2. The van der Waals surface area contributed by atoms with Gasteiger partial charge in [-0.25, -0.2) is 0 Å². The van der Waals surface area contributed by atoms with Gasteiger partial charge >= 0.3 is 0 Å². The Hall–Kier alpha value is -9.42. The molecular weight excluding hydrogens is 1100 g/mol. The average Bonchev–Trinajstić information content (AvgIpc) is 1.12. The van der Waals surface area contributed by atoms with E-state index in [2.05, 4.69) is 311 Å². The van der Waals surface area contributed by atoms with Crippen LogP contribution < -0.4 is 25.7 Å². The molecule has 0 saturated carbocycles. The first-order chi connectivity index (χ1) is 43.2. The van der Waals surface area contributed by atoms with Crippen LogP contribution in [0.3, 0.4) is 0 Å². The Bertz CT molecular complexity index is 4730. The van der Waals surface area contributed by atoms with Crippen LogP contribution in [-0.4, -0.2) is 11.3 Å². The number of rotatable bonds is 12. The van der Waals surface area contributed by atoms with Crippen molar-refractivity contribution in [2.45, 2.75) is 99.4 Å². The first-order valence-corrected chi connectivity index (χ1v) is 32.2. The third kappa shape index (κ3) is 9.65. The van der Waals surface area contributed by atoms with Crippen molar-refractivity contribution in [3.63, 3.8) is 0 Å². The zero-order valence-electron chi connectivity index (χ0n) is 53.3. The Balaban J connectivity index is 0.842. The summed E-state index contributed by atoms with van der Waals surface area (Å²) in [6, 6.07) is 77.2. The Labute approximate surface area is 530 Å². The highest BCUT2D eigenvalue weighted by Gasteiger charge is 2.36. The summed E-state index contributed by atoms with van der Waals surface area (Å²) >= 11 is 1.84. The van der Waals surface area contributed by atoms with E-state index in [-0.39, 0.29) is 6.71 Å². The topological polar surface area (TPSA) is 18.0 Å². The van der Waals surface area contributed by atoms with Crippen LogP contribution in [-0.2, 0) is 6.54 Å². The number of benzene rings is 11. The number of nitrogens with zero attached hydrogens (tertiary/aromatic N) is 2. The van der Waals surface area contributed by atoms with Crippen LogP contribution in [0.4, 0.5) is 0 Å². The lowest BCUT2D eigenvalue weighted by atomic mass is 9.32. The van der Waals surface area contributed by atoms with Gasteiger partial charge in [-0.15, -0.1) is 0 Å². The van der Waals surface area contributed by atoms with Crippen molar-refractivity contribution in [3.05, 3.63) is 291 Å². The maximum atomic E-state index is 6.96. The number of fused-ring (bicyclic) bond motifs is 6. The molecule has 0 amide bonds. The second-order valence-corrected chi connectivity index (χ2v) is 26.0. The van der Waals surface area contributed by atoms with E-state index in [1.807, 2.05) is 11.8 Å². The second-order valence-electron chi connectivity index (χ2n) is 24.8. The Morgan fingerprint density at radius 1 is 0.371 bits per heavy atom. The van der Waals surface area contributed by atoms with Crippen molar-refractivity contribution < 1.29 is 9.30 Å². The summed E-state index contributed by atoms with van der Waals surface area (Å²) in [6.45, 7) is 29.3. The highest BCUT2D eigenvalue weighted by molar-refractivity contribution is 7.99. The normalized spacial score (nSPS) is 11.8. The molecule has 0 spiro atoms. The summed E-state index contributed by atoms with van der Waals surface area (Å²) in [5, 5.41) is 2.44. The summed E-state index contributed by atoms with van der Waals surface area (Å²) in [5.74, 6) is 1.56. The molecule has 13 aromatic rings. The zero-order chi connectivity index (χ0) is 61.5. The van der Waals surface area contributed by atoms with Gasteiger partial charge in [0.05, 0.1) is 22.3 Å². The molecule has 0 N–H and O–H groups in total. The van der Waals surface area contributed by atoms with E-state index in [9.17, 15) is 0 Å². The van der Waals surface area contributed by atoms with Crippen molar-refractivity contribution in [1.82, 2.24) is 4.57 Å². The fourth-order valence-electron chi connectivity index (χ4n) is 15.2. The van der Waals surface area contributed by atoms with Gasteiger partial charge in [0.2, 0.25) is 12.4 Å². The van der Waals surface area contributed by atoms with Gasteiger partial charge in [0.1, 0.15) is 11.5 Å². The van der Waals surface area contributed by atoms with Crippen LogP contribution in [0.1, 0.15) is 72.3 Å². The van der Waals surface area contributed by atoms with E-state index in [1.54, 1.807) is 0 Å². The molecule has 0 bridgehead atoms. The molecule has 0 aliphatic carbocycles. The van der Waals surface area contributed by atoms with Crippen molar-refractivity contribution >= 4 is 56.7 Å². The SMILES string of the molecule is Cc1c(C)c(-c2ccccc2)c(C)c(C)c1B(c1c(C)c(C)c(-c2ccccc2)c(C)c1C)c1c(C)c(C)c(-c2ccc(Oc3ccc(-c4ccc(Sc5cccc6c5-c5cccc[n+]5C6)cc4)c(-n4c5ccccc5c5ccccc54)c3)cc2)c(C)c1C. The number of pyridine rings is 1. The van der Waals surface area contributed by atoms with Gasteiger partial charge in [-0.05, 0) is 216 Å². The molecule has 0 atom stereocenters. The molecule has 3 nitrogen and oxygen atoms in total. The Morgan fingerprint density at radius 3 is 1.31 bits per heavy atom. The van der Waals surface area contributed by atoms with Crippen molar-refractivity contribution in [3.8, 4) is 73.0 Å². The summed E-state index contributed by atoms with van der Waals surface area (Å²) in [5.41, 5.74) is 37.8. The van der Waals surface area contributed by atoms with Crippen LogP contribution in [0.5, 0.6) is 11.5 Å². The van der Waals surface area contributed by atoms with Crippen LogP contribution >= 0.6 is 11.8 Å². The lowest BCUT2D eigenvalue weighted by Crippen LogP contribution is -2.58. The average molecular weight is 1170 g/mol. The van der Waals surface area contributed by atoms with Gasteiger partial charge < -0.3 is 9.30 Å². The Morgan fingerprint density at radius 2 is 0.809 bits per heavy atom. The van der Waals surface area contributed by atoms with E-state index in [0.29, 0.717) is 0 Å². The molecule has 3 heterocycles. The first-order valence-electron chi connectivity index (χ1n) is 31.4. The predicted molar refractivity (Wildman–Crippen MR) is 379 cm³/mol.